The van der Waals surface area contributed by atoms with Gasteiger partial charge in [-0.05, 0) is 33.4 Å². The van der Waals surface area contributed by atoms with Crippen LogP contribution in [0.5, 0.6) is 5.75 Å². The molecule has 78 valence electrons. The lowest BCUT2D eigenvalue weighted by atomic mass is 10.0. The highest BCUT2D eigenvalue weighted by Gasteiger charge is 2.12. The molecule has 1 atom stereocenters. The third-order valence-electron chi connectivity index (χ3n) is 2.55. The van der Waals surface area contributed by atoms with Crippen LogP contribution in [0.15, 0.2) is 12.1 Å². The fourth-order valence-corrected chi connectivity index (χ4v) is 1.74. The van der Waals surface area contributed by atoms with E-state index in [0.717, 1.165) is 5.75 Å². The van der Waals surface area contributed by atoms with E-state index < -0.39 is 0 Å². The van der Waals surface area contributed by atoms with Gasteiger partial charge in [0.1, 0.15) is 5.75 Å². The molecule has 0 aliphatic rings. The van der Waals surface area contributed by atoms with Crippen LogP contribution < -0.4 is 10.1 Å². The van der Waals surface area contributed by atoms with Crippen molar-refractivity contribution in [1.29, 1.82) is 0 Å². The van der Waals surface area contributed by atoms with Gasteiger partial charge in [-0.2, -0.15) is 0 Å². The molecule has 1 N–H and O–H groups in total. The topological polar surface area (TPSA) is 21.3 Å². The Kier molecular flexibility index (Phi) is 3.53. The van der Waals surface area contributed by atoms with Crippen molar-refractivity contribution in [2.24, 2.45) is 0 Å². The monoisotopic (exact) mass is 193 g/mol. The highest BCUT2D eigenvalue weighted by atomic mass is 16.5. The Morgan fingerprint density at radius 1 is 1.29 bits per heavy atom. The molecule has 1 aromatic rings. The lowest BCUT2D eigenvalue weighted by molar-refractivity contribution is 0.400. The zero-order valence-electron chi connectivity index (χ0n) is 9.64. The quantitative estimate of drug-likeness (QED) is 0.796. The van der Waals surface area contributed by atoms with E-state index in [0.29, 0.717) is 6.04 Å². The summed E-state index contributed by atoms with van der Waals surface area (Å²) in [4.78, 5) is 0. The predicted octanol–water partition coefficient (Wildman–Crippen LogP) is 2.59. The third kappa shape index (κ3) is 2.07. The lowest BCUT2D eigenvalue weighted by Crippen LogP contribution is -2.14. The highest BCUT2D eigenvalue weighted by molar-refractivity contribution is 5.45. The van der Waals surface area contributed by atoms with E-state index in [1.54, 1.807) is 7.11 Å². The van der Waals surface area contributed by atoms with Crippen LogP contribution in [0.25, 0.3) is 0 Å². The summed E-state index contributed by atoms with van der Waals surface area (Å²) in [6, 6.07) is 4.64. The smallest absolute Gasteiger partial charge is 0.126 e. The van der Waals surface area contributed by atoms with Crippen molar-refractivity contribution >= 4 is 0 Å². The summed E-state index contributed by atoms with van der Waals surface area (Å²) in [6.07, 6.45) is 0. The van der Waals surface area contributed by atoms with Gasteiger partial charge in [0.2, 0.25) is 0 Å². The van der Waals surface area contributed by atoms with Gasteiger partial charge in [0.25, 0.3) is 0 Å². The Balaban J connectivity index is 3.24. The number of hydrogen-bond donors (Lipinski definition) is 1. The number of benzene rings is 1. The summed E-state index contributed by atoms with van der Waals surface area (Å²) in [6.45, 7) is 6.33. The number of methoxy groups -OCH3 is 1. The Bertz CT molecular complexity index is 320. The fourth-order valence-electron chi connectivity index (χ4n) is 1.74. The number of ether oxygens (including phenoxy) is 1. The van der Waals surface area contributed by atoms with Crippen molar-refractivity contribution in [3.8, 4) is 5.75 Å². The fraction of sp³-hybridized carbons (Fsp3) is 0.500. The number of rotatable bonds is 3. The standard InChI is InChI=1S/C12H19NO/c1-8-6-9(2)12(14-5)11(7-8)10(3)13-4/h6-7,10,13H,1-5H3/t10-/m1/s1. The second kappa shape index (κ2) is 4.47. The van der Waals surface area contributed by atoms with Gasteiger partial charge in [-0.3, -0.25) is 0 Å². The molecule has 0 heterocycles. The molecule has 1 aromatic carbocycles. The minimum atomic E-state index is 0.323. The SMILES string of the molecule is CN[C@H](C)c1cc(C)cc(C)c1OC. The van der Waals surface area contributed by atoms with Crippen LogP contribution in [0.1, 0.15) is 29.7 Å². The number of nitrogens with one attached hydrogen (secondary N) is 1. The van der Waals surface area contributed by atoms with Gasteiger partial charge in [-0.25, -0.2) is 0 Å². The zero-order valence-corrected chi connectivity index (χ0v) is 9.64. The van der Waals surface area contributed by atoms with Crippen LogP contribution in [0.3, 0.4) is 0 Å². The number of hydrogen-bond acceptors (Lipinski definition) is 2. The first-order chi connectivity index (χ1) is 6.60. The first-order valence-corrected chi connectivity index (χ1v) is 4.92. The maximum atomic E-state index is 5.41. The van der Waals surface area contributed by atoms with E-state index in [1.165, 1.54) is 16.7 Å². The van der Waals surface area contributed by atoms with Crippen molar-refractivity contribution in [2.45, 2.75) is 26.8 Å². The van der Waals surface area contributed by atoms with Crippen LogP contribution in [0.4, 0.5) is 0 Å². The molecule has 0 aliphatic carbocycles. The van der Waals surface area contributed by atoms with Crippen molar-refractivity contribution in [3.05, 3.63) is 28.8 Å². The molecule has 0 bridgehead atoms. The van der Waals surface area contributed by atoms with E-state index >= 15 is 0 Å². The largest absolute Gasteiger partial charge is 0.496 e. The molecule has 0 fully saturated rings. The van der Waals surface area contributed by atoms with Crippen molar-refractivity contribution in [1.82, 2.24) is 5.32 Å². The van der Waals surface area contributed by atoms with Gasteiger partial charge in [0.05, 0.1) is 7.11 Å². The van der Waals surface area contributed by atoms with Crippen LogP contribution in [0, 0.1) is 13.8 Å². The number of aryl methyl sites for hydroxylation is 2. The van der Waals surface area contributed by atoms with Gasteiger partial charge < -0.3 is 10.1 Å². The van der Waals surface area contributed by atoms with Crippen LogP contribution in [0.2, 0.25) is 0 Å². The summed E-state index contributed by atoms with van der Waals surface area (Å²) in [5.74, 6) is 0.998. The maximum Gasteiger partial charge on any atom is 0.126 e. The molecule has 0 aliphatic heterocycles. The van der Waals surface area contributed by atoms with Gasteiger partial charge in [0, 0.05) is 11.6 Å². The molecule has 0 saturated heterocycles. The van der Waals surface area contributed by atoms with E-state index in [2.05, 4.69) is 38.2 Å². The van der Waals surface area contributed by atoms with E-state index in [9.17, 15) is 0 Å². The first kappa shape index (κ1) is 11.1. The van der Waals surface area contributed by atoms with Crippen molar-refractivity contribution < 1.29 is 4.74 Å². The molecule has 0 aromatic heterocycles. The van der Waals surface area contributed by atoms with Gasteiger partial charge in [-0.1, -0.05) is 17.7 Å². The Labute approximate surface area is 86.3 Å². The van der Waals surface area contributed by atoms with Crippen molar-refractivity contribution in [3.63, 3.8) is 0 Å². The minimum absolute atomic E-state index is 0.323. The molecular weight excluding hydrogens is 174 g/mol. The minimum Gasteiger partial charge on any atom is -0.496 e. The maximum absolute atomic E-state index is 5.41. The third-order valence-corrected chi connectivity index (χ3v) is 2.55. The molecule has 14 heavy (non-hydrogen) atoms. The average Bonchev–Trinajstić information content (AvgIpc) is 2.15. The normalized spacial score (nSPS) is 12.6. The molecule has 2 nitrogen and oxygen atoms in total. The molecule has 1 rings (SSSR count). The van der Waals surface area contributed by atoms with Gasteiger partial charge >= 0.3 is 0 Å². The second-order valence-electron chi connectivity index (χ2n) is 3.71. The molecule has 0 amide bonds. The predicted molar refractivity (Wildman–Crippen MR) is 59.9 cm³/mol. The second-order valence-corrected chi connectivity index (χ2v) is 3.71. The highest BCUT2D eigenvalue weighted by Crippen LogP contribution is 2.29. The molecule has 0 spiro atoms. The Hall–Kier alpha value is -1.02. The summed E-state index contributed by atoms with van der Waals surface area (Å²) < 4.78 is 5.41. The zero-order chi connectivity index (χ0) is 10.7. The summed E-state index contributed by atoms with van der Waals surface area (Å²) >= 11 is 0. The molecule has 2 heteroatoms. The van der Waals surface area contributed by atoms with E-state index in [1.807, 2.05) is 7.05 Å². The Morgan fingerprint density at radius 2 is 1.93 bits per heavy atom. The van der Waals surface area contributed by atoms with Gasteiger partial charge in [-0.15, -0.1) is 0 Å². The van der Waals surface area contributed by atoms with E-state index in [-0.39, 0.29) is 0 Å². The lowest BCUT2D eigenvalue weighted by Gasteiger charge is -2.17. The first-order valence-electron chi connectivity index (χ1n) is 4.92. The molecular formula is C12H19NO. The van der Waals surface area contributed by atoms with Crippen LogP contribution in [-0.4, -0.2) is 14.2 Å². The van der Waals surface area contributed by atoms with Crippen LogP contribution in [-0.2, 0) is 0 Å². The summed E-state index contributed by atoms with van der Waals surface area (Å²) in [5, 5.41) is 3.23. The van der Waals surface area contributed by atoms with Crippen LogP contribution >= 0.6 is 0 Å². The molecule has 0 radical (unpaired) electrons. The van der Waals surface area contributed by atoms with Gasteiger partial charge in [0.15, 0.2) is 0 Å². The average molecular weight is 193 g/mol. The van der Waals surface area contributed by atoms with Crippen molar-refractivity contribution in [2.75, 3.05) is 14.2 Å². The molecule has 0 unspecified atom stereocenters. The van der Waals surface area contributed by atoms with E-state index in [4.69, 9.17) is 4.74 Å². The Morgan fingerprint density at radius 3 is 2.43 bits per heavy atom. The summed E-state index contributed by atoms with van der Waals surface area (Å²) in [7, 11) is 3.69. The molecule has 0 saturated carbocycles. The summed E-state index contributed by atoms with van der Waals surface area (Å²) in [5.41, 5.74) is 3.71.